The van der Waals surface area contributed by atoms with Crippen LogP contribution in [0.4, 0.5) is 0 Å². The lowest BCUT2D eigenvalue weighted by molar-refractivity contribution is -0.132. The van der Waals surface area contributed by atoms with Gasteiger partial charge in [-0.3, -0.25) is 4.79 Å². The fraction of sp³-hybridized carbons (Fsp3) is 0.300. The molecule has 1 amide bonds. The Morgan fingerprint density at radius 3 is 2.26 bits per heavy atom. The van der Waals surface area contributed by atoms with Gasteiger partial charge in [0.1, 0.15) is 6.07 Å². The Balaban J connectivity index is 1.60. The third-order valence-corrected chi connectivity index (χ3v) is 6.64. The van der Waals surface area contributed by atoms with Gasteiger partial charge in [0.05, 0.1) is 10.5 Å². The van der Waals surface area contributed by atoms with Crippen LogP contribution in [0.2, 0.25) is 0 Å². The number of piperazine rings is 1. The molecule has 3 rings (SSSR count). The smallest absolute Gasteiger partial charge is 0.244 e. The predicted molar refractivity (Wildman–Crippen MR) is 101 cm³/mol. The molecule has 6 nitrogen and oxygen atoms in total. The number of aryl methyl sites for hydroxylation is 1. The zero-order valence-electron chi connectivity index (χ0n) is 14.9. The van der Waals surface area contributed by atoms with Crippen molar-refractivity contribution in [2.24, 2.45) is 0 Å². The van der Waals surface area contributed by atoms with Crippen LogP contribution in [-0.2, 0) is 21.2 Å². The Morgan fingerprint density at radius 2 is 1.59 bits per heavy atom. The maximum Gasteiger partial charge on any atom is 0.244 e. The fourth-order valence-electron chi connectivity index (χ4n) is 3.15. The molecule has 0 aliphatic carbocycles. The highest BCUT2D eigenvalue weighted by Crippen LogP contribution is 2.21. The summed E-state index contributed by atoms with van der Waals surface area (Å²) in [7, 11) is -3.74. The minimum absolute atomic E-state index is 0.0244. The molecule has 0 unspecified atom stereocenters. The Kier molecular flexibility index (Phi) is 5.89. The van der Waals surface area contributed by atoms with E-state index in [1.807, 2.05) is 36.4 Å². The molecule has 0 spiro atoms. The highest BCUT2D eigenvalue weighted by atomic mass is 32.2. The van der Waals surface area contributed by atoms with E-state index in [1.165, 1.54) is 16.4 Å². The quantitative estimate of drug-likeness (QED) is 0.791. The first kappa shape index (κ1) is 19.1. The van der Waals surface area contributed by atoms with Crippen LogP contribution in [0.1, 0.15) is 17.5 Å². The predicted octanol–water partition coefficient (Wildman–Crippen LogP) is 2.02. The maximum atomic E-state index is 12.8. The minimum Gasteiger partial charge on any atom is -0.340 e. The molecule has 7 heteroatoms. The Labute approximate surface area is 159 Å². The van der Waals surface area contributed by atoms with E-state index < -0.39 is 10.0 Å². The summed E-state index contributed by atoms with van der Waals surface area (Å²) in [6.45, 7) is 1.20. The molecule has 2 aromatic carbocycles. The van der Waals surface area contributed by atoms with Crippen LogP contribution in [0.25, 0.3) is 0 Å². The van der Waals surface area contributed by atoms with Crippen LogP contribution in [0.5, 0.6) is 0 Å². The first-order chi connectivity index (χ1) is 13.0. The van der Waals surface area contributed by atoms with Gasteiger partial charge in [0.15, 0.2) is 0 Å². The van der Waals surface area contributed by atoms with Crippen LogP contribution in [0.3, 0.4) is 0 Å². The molecule has 0 aromatic heterocycles. The van der Waals surface area contributed by atoms with Crippen molar-refractivity contribution in [1.82, 2.24) is 9.21 Å². The Bertz CT molecular complexity index is 944. The molecular weight excluding hydrogens is 362 g/mol. The fourth-order valence-corrected chi connectivity index (χ4v) is 4.72. The van der Waals surface area contributed by atoms with Gasteiger partial charge in [0.25, 0.3) is 0 Å². The standard InChI is InChI=1S/C20H21N3O3S/c21-16-18-8-4-5-9-19(18)27(25,26)23-14-12-22(13-15-23)20(24)11-10-17-6-2-1-3-7-17/h1-9H,10-15H2. The largest absolute Gasteiger partial charge is 0.340 e. The molecule has 140 valence electrons. The van der Waals surface area contributed by atoms with Gasteiger partial charge in [-0.05, 0) is 24.1 Å². The number of rotatable bonds is 5. The molecule has 0 atom stereocenters. The van der Waals surface area contributed by atoms with Gasteiger partial charge in [-0.2, -0.15) is 9.57 Å². The molecule has 1 fully saturated rings. The zero-order valence-corrected chi connectivity index (χ0v) is 15.7. The van der Waals surface area contributed by atoms with Crippen molar-refractivity contribution in [3.05, 3.63) is 65.7 Å². The molecule has 2 aromatic rings. The molecule has 0 radical (unpaired) electrons. The van der Waals surface area contributed by atoms with Crippen molar-refractivity contribution in [3.8, 4) is 6.07 Å². The summed E-state index contributed by atoms with van der Waals surface area (Å²) in [6.07, 6.45) is 1.09. The average molecular weight is 383 g/mol. The second-order valence-electron chi connectivity index (χ2n) is 6.38. The first-order valence-corrected chi connectivity index (χ1v) is 10.3. The number of carbonyl (C=O) groups is 1. The Morgan fingerprint density at radius 1 is 0.963 bits per heavy atom. The van der Waals surface area contributed by atoms with Crippen molar-refractivity contribution in [2.45, 2.75) is 17.7 Å². The number of benzene rings is 2. The molecule has 0 bridgehead atoms. The lowest BCUT2D eigenvalue weighted by atomic mass is 10.1. The van der Waals surface area contributed by atoms with Crippen molar-refractivity contribution in [2.75, 3.05) is 26.2 Å². The molecule has 0 saturated carbocycles. The molecule has 0 N–H and O–H groups in total. The van der Waals surface area contributed by atoms with Gasteiger partial charge in [-0.1, -0.05) is 42.5 Å². The maximum absolute atomic E-state index is 12.8. The summed E-state index contributed by atoms with van der Waals surface area (Å²) in [6, 6.07) is 17.9. The number of carbonyl (C=O) groups excluding carboxylic acids is 1. The van der Waals surface area contributed by atoms with Crippen molar-refractivity contribution >= 4 is 15.9 Å². The lowest BCUT2D eigenvalue weighted by Gasteiger charge is -2.34. The lowest BCUT2D eigenvalue weighted by Crippen LogP contribution is -2.50. The highest BCUT2D eigenvalue weighted by molar-refractivity contribution is 7.89. The third-order valence-electron chi connectivity index (χ3n) is 4.69. The van der Waals surface area contributed by atoms with E-state index in [4.69, 9.17) is 5.26 Å². The second kappa shape index (κ2) is 8.33. The van der Waals surface area contributed by atoms with E-state index in [0.717, 1.165) is 5.56 Å². The molecular formula is C20H21N3O3S. The SMILES string of the molecule is N#Cc1ccccc1S(=O)(=O)N1CCN(C(=O)CCc2ccccc2)CC1. The average Bonchev–Trinajstić information content (AvgIpc) is 2.72. The third kappa shape index (κ3) is 4.35. The van der Waals surface area contributed by atoms with Crippen LogP contribution < -0.4 is 0 Å². The minimum atomic E-state index is -3.74. The summed E-state index contributed by atoms with van der Waals surface area (Å²) in [5.74, 6) is 0.0355. The molecule has 1 aliphatic rings. The van der Waals surface area contributed by atoms with E-state index in [2.05, 4.69) is 0 Å². The normalized spacial score (nSPS) is 15.3. The van der Waals surface area contributed by atoms with Crippen LogP contribution in [0, 0.1) is 11.3 Å². The van der Waals surface area contributed by atoms with E-state index in [9.17, 15) is 13.2 Å². The molecule has 1 heterocycles. The van der Waals surface area contributed by atoms with Crippen LogP contribution in [-0.4, -0.2) is 49.7 Å². The summed E-state index contributed by atoms with van der Waals surface area (Å²) in [4.78, 5) is 14.2. The summed E-state index contributed by atoms with van der Waals surface area (Å²) >= 11 is 0. The van der Waals surface area contributed by atoms with E-state index in [0.29, 0.717) is 25.9 Å². The van der Waals surface area contributed by atoms with Gasteiger partial charge in [-0.15, -0.1) is 0 Å². The number of hydrogen-bond donors (Lipinski definition) is 0. The Hall–Kier alpha value is -2.69. The molecule has 1 aliphatic heterocycles. The summed E-state index contributed by atoms with van der Waals surface area (Å²) in [5, 5.41) is 9.16. The van der Waals surface area contributed by atoms with Gasteiger partial charge in [0.2, 0.25) is 15.9 Å². The monoisotopic (exact) mass is 383 g/mol. The van der Waals surface area contributed by atoms with Crippen molar-refractivity contribution in [3.63, 3.8) is 0 Å². The van der Waals surface area contributed by atoms with Gasteiger partial charge < -0.3 is 4.90 Å². The summed E-state index contributed by atoms with van der Waals surface area (Å²) < 4.78 is 27.0. The number of sulfonamides is 1. The van der Waals surface area contributed by atoms with Crippen molar-refractivity contribution < 1.29 is 13.2 Å². The second-order valence-corrected chi connectivity index (χ2v) is 8.28. The highest BCUT2D eigenvalue weighted by Gasteiger charge is 2.31. The zero-order chi connectivity index (χ0) is 19.3. The topological polar surface area (TPSA) is 81.5 Å². The van der Waals surface area contributed by atoms with Crippen LogP contribution >= 0.6 is 0 Å². The number of hydrogen-bond acceptors (Lipinski definition) is 4. The van der Waals surface area contributed by atoms with Crippen LogP contribution in [0.15, 0.2) is 59.5 Å². The number of amides is 1. The molecule has 27 heavy (non-hydrogen) atoms. The van der Waals surface area contributed by atoms with Crippen molar-refractivity contribution in [1.29, 1.82) is 5.26 Å². The van der Waals surface area contributed by atoms with Gasteiger partial charge in [0, 0.05) is 32.6 Å². The van der Waals surface area contributed by atoms with Gasteiger partial charge in [-0.25, -0.2) is 8.42 Å². The van der Waals surface area contributed by atoms with Gasteiger partial charge >= 0.3 is 0 Å². The number of nitriles is 1. The first-order valence-electron chi connectivity index (χ1n) is 8.83. The van der Waals surface area contributed by atoms with E-state index >= 15 is 0 Å². The van der Waals surface area contributed by atoms with E-state index in [-0.39, 0.29) is 29.5 Å². The molecule has 1 saturated heterocycles. The van der Waals surface area contributed by atoms with E-state index in [1.54, 1.807) is 17.0 Å². The number of nitrogens with zero attached hydrogens (tertiary/aromatic N) is 3. The summed E-state index contributed by atoms with van der Waals surface area (Å²) in [5.41, 5.74) is 1.25.